The van der Waals surface area contributed by atoms with Crippen LogP contribution in [0.25, 0.3) is 0 Å². The van der Waals surface area contributed by atoms with Crippen LogP contribution in [-0.2, 0) is 10.0 Å². The number of nitrogens with one attached hydrogen (secondary N) is 3. The molecule has 0 aromatic heterocycles. The Hall–Kier alpha value is -2.40. The molecule has 2 heterocycles. The van der Waals surface area contributed by atoms with Crippen molar-refractivity contribution >= 4 is 39.0 Å². The van der Waals surface area contributed by atoms with Gasteiger partial charge in [-0.15, -0.1) is 0 Å². The number of urea groups is 1. The van der Waals surface area contributed by atoms with Crippen LogP contribution < -0.4 is 16.0 Å². The van der Waals surface area contributed by atoms with Crippen LogP contribution in [0.1, 0.15) is 51.0 Å². The maximum absolute atomic E-state index is 13.8. The van der Waals surface area contributed by atoms with E-state index < -0.39 is 32.5 Å². The minimum Gasteiger partial charge on any atom is -0.504 e. The number of nitrogens with zero attached hydrogens (tertiary/aromatic N) is 1. The zero-order valence-corrected chi connectivity index (χ0v) is 21.9. The second-order valence-corrected chi connectivity index (χ2v) is 11.6. The fourth-order valence-electron chi connectivity index (χ4n) is 5.19. The van der Waals surface area contributed by atoms with Crippen molar-refractivity contribution in [2.75, 3.05) is 17.2 Å². The summed E-state index contributed by atoms with van der Waals surface area (Å²) >= 11 is 6.29. The standard InChI is InChI=1S/C25H32ClFN4O4S/c1-3-4-12-28-16-13-17-8-9-18(14-16)31(17)36(34,35)24-19(26)10-11-22(23(24)32)30-25(33)29-21-7-5-6-20(27)15(21)2/h5-7,10-11,16-18,28,32H,3-4,8-9,12-14H2,1-2H3,(H2,29,30,33)/t17-,18-/m0/s1. The molecule has 8 nitrogen and oxygen atoms in total. The van der Waals surface area contributed by atoms with E-state index in [4.69, 9.17) is 11.6 Å². The van der Waals surface area contributed by atoms with Crippen molar-refractivity contribution < 1.29 is 22.7 Å². The van der Waals surface area contributed by atoms with Crippen molar-refractivity contribution in [3.05, 3.63) is 46.7 Å². The van der Waals surface area contributed by atoms with E-state index in [-0.39, 0.29) is 40.1 Å². The zero-order chi connectivity index (χ0) is 26.0. The largest absolute Gasteiger partial charge is 0.504 e. The van der Waals surface area contributed by atoms with E-state index in [1.165, 1.54) is 41.6 Å². The van der Waals surface area contributed by atoms with Gasteiger partial charge in [0.05, 0.1) is 10.7 Å². The van der Waals surface area contributed by atoms with Crippen LogP contribution >= 0.6 is 11.6 Å². The number of amides is 2. The first-order chi connectivity index (χ1) is 17.1. The predicted molar refractivity (Wildman–Crippen MR) is 139 cm³/mol. The molecule has 11 heteroatoms. The Morgan fingerprint density at radius 1 is 1.14 bits per heavy atom. The predicted octanol–water partition coefficient (Wildman–Crippen LogP) is 5.21. The molecular weight excluding hydrogens is 507 g/mol. The first-order valence-corrected chi connectivity index (χ1v) is 14.1. The number of phenols is 1. The molecule has 4 rings (SSSR count). The van der Waals surface area contributed by atoms with Gasteiger partial charge < -0.3 is 21.1 Å². The fraction of sp³-hybridized carbons (Fsp3) is 0.480. The van der Waals surface area contributed by atoms with Gasteiger partial charge in [0.25, 0.3) is 0 Å². The maximum atomic E-state index is 13.8. The summed E-state index contributed by atoms with van der Waals surface area (Å²) < 4.78 is 42.8. The SMILES string of the molecule is CCCCNC1C[C@@H]2CC[C@@H](C1)N2S(=O)(=O)c1c(Cl)ccc(NC(=O)Nc2cccc(F)c2C)c1O. The summed E-state index contributed by atoms with van der Waals surface area (Å²) in [5.74, 6) is -1.11. The van der Waals surface area contributed by atoms with Gasteiger partial charge >= 0.3 is 6.03 Å². The summed E-state index contributed by atoms with van der Waals surface area (Å²) in [6.45, 7) is 4.56. The molecule has 2 saturated heterocycles. The maximum Gasteiger partial charge on any atom is 0.323 e. The van der Waals surface area contributed by atoms with E-state index >= 15 is 0 Å². The van der Waals surface area contributed by atoms with Crippen molar-refractivity contribution in [1.29, 1.82) is 0 Å². The fourth-order valence-corrected chi connectivity index (χ4v) is 7.69. The second-order valence-electron chi connectivity index (χ2n) is 9.46. The highest BCUT2D eigenvalue weighted by Crippen LogP contribution is 2.45. The van der Waals surface area contributed by atoms with E-state index in [2.05, 4.69) is 22.9 Å². The molecule has 2 aromatic rings. The molecule has 36 heavy (non-hydrogen) atoms. The molecule has 0 saturated carbocycles. The molecule has 2 amide bonds. The number of halogens is 2. The minimum atomic E-state index is -4.14. The lowest BCUT2D eigenvalue weighted by Gasteiger charge is -2.38. The van der Waals surface area contributed by atoms with E-state index in [1.807, 2.05) is 0 Å². The van der Waals surface area contributed by atoms with Crippen LogP contribution in [0.2, 0.25) is 5.02 Å². The second kappa shape index (κ2) is 10.9. The third-order valence-corrected chi connectivity index (χ3v) is 9.52. The normalized spacial score (nSPS) is 21.9. The lowest BCUT2D eigenvalue weighted by atomic mass is 9.99. The summed E-state index contributed by atoms with van der Waals surface area (Å²) in [5, 5.41) is 19.3. The molecule has 4 N–H and O–H groups in total. The van der Waals surface area contributed by atoms with Crippen molar-refractivity contribution in [1.82, 2.24) is 9.62 Å². The molecule has 2 fully saturated rings. The number of rotatable bonds is 8. The topological polar surface area (TPSA) is 111 Å². The molecule has 196 valence electrons. The van der Waals surface area contributed by atoms with Gasteiger partial charge in [-0.1, -0.05) is 31.0 Å². The van der Waals surface area contributed by atoms with Crippen molar-refractivity contribution in [3.63, 3.8) is 0 Å². The number of piperidine rings is 1. The molecule has 0 spiro atoms. The minimum absolute atomic E-state index is 0.118. The third-order valence-electron chi connectivity index (χ3n) is 7.01. The van der Waals surface area contributed by atoms with E-state index in [0.29, 0.717) is 12.8 Å². The smallest absolute Gasteiger partial charge is 0.323 e. The van der Waals surface area contributed by atoms with E-state index in [0.717, 1.165) is 32.2 Å². The summed E-state index contributed by atoms with van der Waals surface area (Å²) in [6, 6.07) is 6.06. The Kier molecular flexibility index (Phi) is 8.09. The van der Waals surface area contributed by atoms with Crippen LogP contribution in [0.15, 0.2) is 35.2 Å². The van der Waals surface area contributed by atoms with Gasteiger partial charge in [0.15, 0.2) is 5.75 Å². The lowest BCUT2D eigenvalue weighted by molar-refractivity contribution is 0.206. The van der Waals surface area contributed by atoms with Crippen LogP contribution in [0.3, 0.4) is 0 Å². The van der Waals surface area contributed by atoms with Gasteiger partial charge in [0.2, 0.25) is 10.0 Å². The van der Waals surface area contributed by atoms with E-state index in [1.54, 1.807) is 0 Å². The number of carbonyl (C=O) groups is 1. The number of anilines is 2. The molecule has 2 bridgehead atoms. The molecule has 0 unspecified atom stereocenters. The summed E-state index contributed by atoms with van der Waals surface area (Å²) in [5.41, 5.74) is 0.382. The number of sulfonamides is 1. The highest BCUT2D eigenvalue weighted by atomic mass is 35.5. The zero-order valence-electron chi connectivity index (χ0n) is 20.4. The Morgan fingerprint density at radius 3 is 2.47 bits per heavy atom. The number of phenolic OH excluding ortho intramolecular Hbond substituents is 1. The van der Waals surface area contributed by atoms with Crippen LogP contribution in [0.4, 0.5) is 20.6 Å². The summed E-state index contributed by atoms with van der Waals surface area (Å²) in [7, 11) is -4.14. The van der Waals surface area contributed by atoms with Gasteiger partial charge in [-0.05, 0) is 69.8 Å². The van der Waals surface area contributed by atoms with Gasteiger partial charge in [-0.25, -0.2) is 17.6 Å². The first kappa shape index (κ1) is 26.7. The van der Waals surface area contributed by atoms with Crippen LogP contribution in [-0.4, -0.2) is 48.5 Å². The van der Waals surface area contributed by atoms with Crippen LogP contribution in [0, 0.1) is 12.7 Å². The summed E-state index contributed by atoms with van der Waals surface area (Å²) in [4.78, 5) is 12.1. The number of aromatic hydroxyl groups is 1. The Balaban J connectivity index is 1.54. The van der Waals surface area contributed by atoms with Gasteiger partial charge in [-0.3, -0.25) is 0 Å². The molecule has 0 radical (unpaired) electrons. The number of hydrogen-bond donors (Lipinski definition) is 4. The van der Waals surface area contributed by atoms with Crippen molar-refractivity contribution in [3.8, 4) is 5.75 Å². The molecule has 2 aliphatic heterocycles. The molecule has 2 atom stereocenters. The Labute approximate surface area is 216 Å². The number of unbranched alkanes of at least 4 members (excludes halogenated alkanes) is 1. The molecular formula is C25H32ClFN4O4S. The number of carbonyl (C=O) groups excluding carboxylic acids is 1. The van der Waals surface area contributed by atoms with Gasteiger partial charge in [0.1, 0.15) is 10.7 Å². The van der Waals surface area contributed by atoms with Crippen molar-refractivity contribution in [2.24, 2.45) is 0 Å². The quantitative estimate of drug-likeness (QED) is 0.272. The average Bonchev–Trinajstić information content (AvgIpc) is 3.11. The summed E-state index contributed by atoms with van der Waals surface area (Å²) in [6.07, 6.45) is 5.07. The highest BCUT2D eigenvalue weighted by Gasteiger charge is 2.48. The monoisotopic (exact) mass is 538 g/mol. The van der Waals surface area contributed by atoms with Gasteiger partial charge in [-0.2, -0.15) is 4.31 Å². The third kappa shape index (κ3) is 5.32. The highest BCUT2D eigenvalue weighted by molar-refractivity contribution is 7.89. The number of hydrogen-bond acceptors (Lipinski definition) is 5. The van der Waals surface area contributed by atoms with Crippen LogP contribution in [0.5, 0.6) is 5.75 Å². The first-order valence-electron chi connectivity index (χ1n) is 12.2. The lowest BCUT2D eigenvalue weighted by Crippen LogP contribution is -2.51. The van der Waals surface area contributed by atoms with Gasteiger partial charge in [0, 0.05) is 29.4 Å². The number of benzene rings is 2. The van der Waals surface area contributed by atoms with E-state index in [9.17, 15) is 22.7 Å². The Bertz CT molecular complexity index is 1230. The average molecular weight is 539 g/mol. The Morgan fingerprint density at radius 2 is 1.81 bits per heavy atom. The number of fused-ring (bicyclic) bond motifs is 2. The molecule has 0 aliphatic carbocycles. The molecule has 2 aromatic carbocycles. The van der Waals surface area contributed by atoms with Crippen molar-refractivity contribution in [2.45, 2.75) is 75.4 Å². The molecule has 2 aliphatic rings.